The van der Waals surface area contributed by atoms with Gasteiger partial charge in [0.2, 0.25) is 0 Å². The number of allylic oxidation sites excluding steroid dienone is 2. The highest BCUT2D eigenvalue weighted by molar-refractivity contribution is 4.97. The number of hydrogen-bond donors (Lipinski definition) is 1. The van der Waals surface area contributed by atoms with Gasteiger partial charge >= 0.3 is 0 Å². The van der Waals surface area contributed by atoms with Crippen molar-refractivity contribution in [3.63, 3.8) is 0 Å². The first-order valence-corrected chi connectivity index (χ1v) is 4.58. The quantitative estimate of drug-likeness (QED) is 0.560. The molecule has 0 unspecified atom stereocenters. The highest BCUT2D eigenvalue weighted by atomic mass is 16.5. The topological polar surface area (TPSA) is 13.7 Å². The molecule has 0 spiro atoms. The molecule has 0 aromatic heterocycles. The average Bonchev–Trinajstić information content (AvgIpc) is 2.58. The van der Waals surface area contributed by atoms with E-state index in [4.69, 9.17) is 4.74 Å². The average molecular weight is 154 g/mol. The van der Waals surface area contributed by atoms with E-state index < -0.39 is 0 Å². The lowest BCUT2D eigenvalue weighted by Gasteiger charge is -2.24. The van der Waals surface area contributed by atoms with Crippen molar-refractivity contribution in [2.45, 2.75) is 19.3 Å². The van der Waals surface area contributed by atoms with Crippen LogP contribution in [0.4, 0.5) is 0 Å². The molecule has 2 aliphatic rings. The lowest BCUT2D eigenvalue weighted by atomic mass is 10.3. The van der Waals surface area contributed by atoms with Gasteiger partial charge in [-0.3, -0.25) is 0 Å². The second kappa shape index (κ2) is 3.37. The van der Waals surface area contributed by atoms with Crippen molar-refractivity contribution in [3.05, 3.63) is 11.8 Å². The fourth-order valence-corrected chi connectivity index (χ4v) is 1.93. The van der Waals surface area contributed by atoms with Gasteiger partial charge in [0.25, 0.3) is 0 Å². The van der Waals surface area contributed by atoms with E-state index in [2.05, 4.69) is 6.08 Å². The van der Waals surface area contributed by atoms with Gasteiger partial charge in [-0.25, -0.2) is 0 Å². The molecule has 1 aliphatic heterocycles. The Bertz CT molecular complexity index is 159. The van der Waals surface area contributed by atoms with Crippen LogP contribution in [0.5, 0.6) is 0 Å². The highest BCUT2D eigenvalue weighted by Crippen LogP contribution is 2.11. The Kier molecular flexibility index (Phi) is 2.24. The normalized spacial score (nSPS) is 27.1. The van der Waals surface area contributed by atoms with E-state index in [0.29, 0.717) is 0 Å². The van der Waals surface area contributed by atoms with E-state index in [1.807, 2.05) is 0 Å². The summed E-state index contributed by atoms with van der Waals surface area (Å²) in [5, 5.41) is 0. The molecule has 0 radical (unpaired) electrons. The Balaban J connectivity index is 1.92. The van der Waals surface area contributed by atoms with Crippen molar-refractivity contribution in [2.24, 2.45) is 0 Å². The van der Waals surface area contributed by atoms with Crippen LogP contribution in [0.3, 0.4) is 0 Å². The first kappa shape index (κ1) is 7.32. The van der Waals surface area contributed by atoms with Gasteiger partial charge in [-0.2, -0.15) is 0 Å². The van der Waals surface area contributed by atoms with Gasteiger partial charge in [0.15, 0.2) is 0 Å². The van der Waals surface area contributed by atoms with Crippen LogP contribution in [0, 0.1) is 0 Å². The first-order chi connectivity index (χ1) is 5.47. The van der Waals surface area contributed by atoms with E-state index in [1.54, 1.807) is 10.6 Å². The van der Waals surface area contributed by atoms with Crippen molar-refractivity contribution >= 4 is 0 Å². The number of morpholine rings is 1. The molecule has 2 rings (SSSR count). The third-order valence-electron chi connectivity index (χ3n) is 2.59. The molecule has 0 atom stereocenters. The summed E-state index contributed by atoms with van der Waals surface area (Å²) in [6, 6.07) is 0. The van der Waals surface area contributed by atoms with E-state index in [0.717, 1.165) is 13.2 Å². The van der Waals surface area contributed by atoms with E-state index in [1.165, 1.54) is 32.4 Å². The van der Waals surface area contributed by atoms with Crippen LogP contribution >= 0.6 is 0 Å². The van der Waals surface area contributed by atoms with Crippen molar-refractivity contribution in [1.29, 1.82) is 0 Å². The van der Waals surface area contributed by atoms with E-state index >= 15 is 0 Å². The maximum Gasteiger partial charge on any atom is 0.105 e. The van der Waals surface area contributed by atoms with Crippen LogP contribution in [0.1, 0.15) is 19.3 Å². The third-order valence-corrected chi connectivity index (χ3v) is 2.59. The fourth-order valence-electron chi connectivity index (χ4n) is 1.93. The molecule has 0 amide bonds. The van der Waals surface area contributed by atoms with Crippen molar-refractivity contribution in [3.8, 4) is 0 Å². The number of nitrogens with one attached hydrogen (secondary N) is 1. The van der Waals surface area contributed by atoms with Crippen LogP contribution in [0.15, 0.2) is 11.8 Å². The van der Waals surface area contributed by atoms with Gasteiger partial charge in [0.05, 0.1) is 13.2 Å². The molecular weight excluding hydrogens is 138 g/mol. The van der Waals surface area contributed by atoms with Gasteiger partial charge < -0.3 is 9.64 Å². The Hall–Kier alpha value is -0.340. The second-order valence-corrected chi connectivity index (χ2v) is 3.34. The van der Waals surface area contributed by atoms with Crippen LogP contribution in [-0.4, -0.2) is 26.3 Å². The minimum absolute atomic E-state index is 0.951. The molecule has 0 bridgehead atoms. The molecule has 2 nitrogen and oxygen atoms in total. The minimum Gasteiger partial charge on any atom is -0.370 e. The lowest BCUT2D eigenvalue weighted by molar-refractivity contribution is -0.870. The first-order valence-electron chi connectivity index (χ1n) is 4.58. The molecule has 62 valence electrons. The third kappa shape index (κ3) is 1.63. The zero-order chi connectivity index (χ0) is 7.52. The zero-order valence-corrected chi connectivity index (χ0v) is 6.94. The van der Waals surface area contributed by atoms with E-state index in [9.17, 15) is 0 Å². The second-order valence-electron chi connectivity index (χ2n) is 3.34. The maximum absolute atomic E-state index is 5.31. The Morgan fingerprint density at radius 1 is 1.27 bits per heavy atom. The Labute approximate surface area is 67.8 Å². The fraction of sp³-hybridized carbons (Fsp3) is 0.778. The van der Waals surface area contributed by atoms with E-state index in [-0.39, 0.29) is 0 Å². The molecule has 1 fully saturated rings. The van der Waals surface area contributed by atoms with Gasteiger partial charge in [0, 0.05) is 6.42 Å². The van der Waals surface area contributed by atoms with Gasteiger partial charge in [-0.1, -0.05) is 0 Å². The molecule has 11 heavy (non-hydrogen) atoms. The molecule has 1 heterocycles. The SMILES string of the molecule is C1=C([NH+]2CCOCC2)CCC1. The van der Waals surface area contributed by atoms with Crippen LogP contribution in [-0.2, 0) is 4.74 Å². The summed E-state index contributed by atoms with van der Waals surface area (Å²) < 4.78 is 5.31. The summed E-state index contributed by atoms with van der Waals surface area (Å²) in [7, 11) is 0. The molecular formula is C9H16NO+. The summed E-state index contributed by atoms with van der Waals surface area (Å²) in [6.45, 7) is 4.27. The number of quaternary nitrogens is 1. The van der Waals surface area contributed by atoms with Gasteiger partial charge in [0.1, 0.15) is 18.8 Å². The minimum atomic E-state index is 0.951. The lowest BCUT2D eigenvalue weighted by Crippen LogP contribution is -3.12. The molecule has 0 aromatic rings. The predicted octanol–water partition coefficient (Wildman–Crippen LogP) is -0.0307. The van der Waals surface area contributed by atoms with Crippen molar-refractivity contribution in [2.75, 3.05) is 26.3 Å². The van der Waals surface area contributed by atoms with Crippen LogP contribution in [0.25, 0.3) is 0 Å². The summed E-state index contributed by atoms with van der Waals surface area (Å²) >= 11 is 0. The Morgan fingerprint density at radius 2 is 2.09 bits per heavy atom. The molecule has 0 saturated carbocycles. The molecule has 0 aromatic carbocycles. The molecule has 1 saturated heterocycles. The molecule has 1 aliphatic carbocycles. The van der Waals surface area contributed by atoms with Crippen LogP contribution < -0.4 is 4.90 Å². The number of ether oxygens (including phenoxy) is 1. The summed E-state index contributed by atoms with van der Waals surface area (Å²) in [4.78, 5) is 1.67. The summed E-state index contributed by atoms with van der Waals surface area (Å²) in [5.74, 6) is 0. The van der Waals surface area contributed by atoms with Gasteiger partial charge in [-0.05, 0) is 18.9 Å². The van der Waals surface area contributed by atoms with Crippen LogP contribution in [0.2, 0.25) is 0 Å². The van der Waals surface area contributed by atoms with Crippen molar-refractivity contribution < 1.29 is 9.64 Å². The predicted molar refractivity (Wildman–Crippen MR) is 43.4 cm³/mol. The Morgan fingerprint density at radius 3 is 2.73 bits per heavy atom. The smallest absolute Gasteiger partial charge is 0.105 e. The summed E-state index contributed by atoms with van der Waals surface area (Å²) in [5.41, 5.74) is 1.65. The monoisotopic (exact) mass is 154 g/mol. The summed E-state index contributed by atoms with van der Waals surface area (Å²) in [6.07, 6.45) is 6.43. The maximum atomic E-state index is 5.31. The number of rotatable bonds is 1. The zero-order valence-electron chi connectivity index (χ0n) is 6.94. The highest BCUT2D eigenvalue weighted by Gasteiger charge is 2.20. The number of hydrogen-bond acceptors (Lipinski definition) is 1. The van der Waals surface area contributed by atoms with Crippen molar-refractivity contribution in [1.82, 2.24) is 0 Å². The molecule has 1 N–H and O–H groups in total. The molecule has 2 heteroatoms. The largest absolute Gasteiger partial charge is 0.370 e. The standard InChI is InChI=1S/C9H15NO/c1-2-4-9(3-1)10-5-7-11-8-6-10/h3H,1-2,4-8H2/p+1. The van der Waals surface area contributed by atoms with Gasteiger partial charge in [-0.15, -0.1) is 0 Å².